The Balaban J connectivity index is 1.80. The van der Waals surface area contributed by atoms with E-state index < -0.39 is 48.2 Å². The van der Waals surface area contributed by atoms with Crippen molar-refractivity contribution < 1.29 is 37.3 Å². The van der Waals surface area contributed by atoms with Crippen LogP contribution in [0.15, 0.2) is 48.2 Å². The number of nitrogens with zero attached hydrogens (tertiary/aromatic N) is 4. The molecule has 0 fully saturated rings. The van der Waals surface area contributed by atoms with E-state index in [2.05, 4.69) is 4.98 Å². The number of anilines is 1. The molecule has 1 aromatic heterocycles. The van der Waals surface area contributed by atoms with Crippen LogP contribution in [0.1, 0.15) is 30.8 Å². The van der Waals surface area contributed by atoms with Gasteiger partial charge in [-0.1, -0.05) is 12.1 Å². The summed E-state index contributed by atoms with van der Waals surface area (Å²) in [5.41, 5.74) is -0.575. The SMILES string of the molecule is CCOC(=O)C1=CN(c2ccc3c(c2)nc(C)n3CC)C(O)N(Cc2cccc(F)c2C(F)(F)F)C1O. The minimum atomic E-state index is -5.02. The van der Waals surface area contributed by atoms with Crippen LogP contribution in [0, 0.1) is 12.7 Å². The summed E-state index contributed by atoms with van der Waals surface area (Å²) < 4.78 is 62.1. The van der Waals surface area contributed by atoms with E-state index in [1.54, 1.807) is 25.1 Å². The smallest absolute Gasteiger partial charge is 0.419 e. The van der Waals surface area contributed by atoms with Crippen LogP contribution >= 0.6 is 0 Å². The highest BCUT2D eigenvalue weighted by Gasteiger charge is 2.42. The number of aliphatic hydroxyl groups excluding tert-OH is 2. The number of carbonyl (C=O) groups excluding carboxylic acids is 1. The van der Waals surface area contributed by atoms with Crippen LogP contribution in [0.5, 0.6) is 0 Å². The van der Waals surface area contributed by atoms with Crippen LogP contribution in [0.25, 0.3) is 11.0 Å². The van der Waals surface area contributed by atoms with Gasteiger partial charge in [0.15, 0.2) is 6.35 Å². The molecule has 37 heavy (non-hydrogen) atoms. The maximum absolute atomic E-state index is 14.2. The van der Waals surface area contributed by atoms with Crippen LogP contribution in [0.2, 0.25) is 0 Å². The number of aromatic nitrogens is 2. The largest absolute Gasteiger partial charge is 0.462 e. The maximum Gasteiger partial charge on any atom is 0.419 e. The highest BCUT2D eigenvalue weighted by Crippen LogP contribution is 2.37. The molecule has 0 radical (unpaired) electrons. The van der Waals surface area contributed by atoms with Crippen LogP contribution in [-0.2, 0) is 28.8 Å². The summed E-state index contributed by atoms with van der Waals surface area (Å²) in [6, 6.07) is 7.89. The summed E-state index contributed by atoms with van der Waals surface area (Å²) in [6.45, 7) is 5.29. The highest BCUT2D eigenvalue weighted by atomic mass is 19.4. The molecule has 0 aliphatic carbocycles. The molecule has 1 aliphatic heterocycles. The summed E-state index contributed by atoms with van der Waals surface area (Å²) in [5, 5.41) is 22.1. The van der Waals surface area contributed by atoms with Gasteiger partial charge < -0.3 is 24.4 Å². The molecule has 2 N–H and O–H groups in total. The number of hydrogen-bond donors (Lipinski definition) is 2. The first-order chi connectivity index (χ1) is 17.5. The van der Waals surface area contributed by atoms with Gasteiger partial charge in [0.2, 0.25) is 0 Å². The number of hydrogen-bond acceptors (Lipinski definition) is 7. The lowest BCUT2D eigenvalue weighted by molar-refractivity contribution is -0.148. The van der Waals surface area contributed by atoms with E-state index in [4.69, 9.17) is 4.74 Å². The summed E-state index contributed by atoms with van der Waals surface area (Å²) in [4.78, 5) is 19.2. The first-order valence-corrected chi connectivity index (χ1v) is 11.6. The first-order valence-electron chi connectivity index (χ1n) is 11.6. The molecule has 2 unspecified atom stereocenters. The quantitative estimate of drug-likeness (QED) is 0.375. The number of carbonyl (C=O) groups is 1. The van der Waals surface area contributed by atoms with Crippen molar-refractivity contribution in [1.82, 2.24) is 14.5 Å². The second-order valence-corrected chi connectivity index (χ2v) is 8.45. The number of halogens is 4. The number of fused-ring (bicyclic) bond motifs is 1. The van der Waals surface area contributed by atoms with E-state index in [0.29, 0.717) is 23.8 Å². The predicted molar refractivity (Wildman–Crippen MR) is 126 cm³/mol. The van der Waals surface area contributed by atoms with Gasteiger partial charge in [-0.05, 0) is 50.6 Å². The van der Waals surface area contributed by atoms with Gasteiger partial charge >= 0.3 is 12.1 Å². The Morgan fingerprint density at radius 2 is 1.89 bits per heavy atom. The van der Waals surface area contributed by atoms with Crippen molar-refractivity contribution >= 4 is 22.7 Å². The van der Waals surface area contributed by atoms with Gasteiger partial charge in [0.05, 0.1) is 28.8 Å². The van der Waals surface area contributed by atoms with Crippen LogP contribution in [0.4, 0.5) is 23.2 Å². The Bertz CT molecular complexity index is 1350. The third-order valence-electron chi connectivity index (χ3n) is 6.20. The molecule has 0 saturated heterocycles. The molecular weight excluding hydrogens is 496 g/mol. The Morgan fingerprint density at radius 3 is 2.54 bits per heavy atom. The number of aryl methyl sites for hydroxylation is 2. The van der Waals surface area contributed by atoms with Crippen molar-refractivity contribution in [3.8, 4) is 0 Å². The molecule has 8 nitrogen and oxygen atoms in total. The number of imidazole rings is 1. The van der Waals surface area contributed by atoms with Crippen LogP contribution in [-0.4, -0.2) is 49.8 Å². The van der Waals surface area contributed by atoms with Gasteiger partial charge in [0.1, 0.15) is 17.9 Å². The van der Waals surface area contributed by atoms with E-state index in [-0.39, 0.29) is 12.2 Å². The second kappa shape index (κ2) is 10.1. The zero-order chi connectivity index (χ0) is 27.1. The number of esters is 1. The van der Waals surface area contributed by atoms with Crippen LogP contribution < -0.4 is 4.90 Å². The summed E-state index contributed by atoms with van der Waals surface area (Å²) in [7, 11) is 0. The molecule has 2 atom stereocenters. The number of aliphatic hydroxyl groups is 2. The average molecular weight is 522 g/mol. The second-order valence-electron chi connectivity index (χ2n) is 8.45. The molecule has 0 amide bonds. The average Bonchev–Trinajstić information content (AvgIpc) is 3.15. The number of alkyl halides is 3. The Kier molecular flexibility index (Phi) is 7.27. The monoisotopic (exact) mass is 522 g/mol. The van der Waals surface area contributed by atoms with Crippen molar-refractivity contribution in [3.63, 3.8) is 0 Å². The highest BCUT2D eigenvalue weighted by molar-refractivity contribution is 5.90. The molecule has 12 heteroatoms. The van der Waals surface area contributed by atoms with Crippen molar-refractivity contribution in [2.24, 2.45) is 0 Å². The lowest BCUT2D eigenvalue weighted by Crippen LogP contribution is -2.56. The van der Waals surface area contributed by atoms with Crippen molar-refractivity contribution in [3.05, 3.63) is 70.9 Å². The zero-order valence-electron chi connectivity index (χ0n) is 20.3. The molecule has 1 aliphatic rings. The molecule has 3 aromatic rings. The van der Waals surface area contributed by atoms with Gasteiger partial charge in [-0.25, -0.2) is 19.1 Å². The van der Waals surface area contributed by atoms with Crippen molar-refractivity contribution in [2.75, 3.05) is 11.5 Å². The molecule has 198 valence electrons. The van der Waals surface area contributed by atoms with E-state index in [0.717, 1.165) is 28.4 Å². The van der Waals surface area contributed by atoms with Gasteiger partial charge in [0, 0.05) is 25.0 Å². The number of benzene rings is 2. The molecule has 0 saturated carbocycles. The zero-order valence-corrected chi connectivity index (χ0v) is 20.3. The topological polar surface area (TPSA) is 91.1 Å². The first kappa shape index (κ1) is 26.6. The minimum absolute atomic E-state index is 0.0206. The fourth-order valence-electron chi connectivity index (χ4n) is 4.51. The van der Waals surface area contributed by atoms with E-state index in [1.807, 2.05) is 18.4 Å². The Morgan fingerprint density at radius 1 is 1.16 bits per heavy atom. The van der Waals surface area contributed by atoms with E-state index in [1.165, 1.54) is 11.1 Å². The van der Waals surface area contributed by atoms with Crippen molar-refractivity contribution in [1.29, 1.82) is 0 Å². The lowest BCUT2D eigenvalue weighted by Gasteiger charge is -2.42. The van der Waals surface area contributed by atoms with Gasteiger partial charge in [0.25, 0.3) is 0 Å². The molecule has 0 bridgehead atoms. The number of rotatable bonds is 6. The minimum Gasteiger partial charge on any atom is -0.462 e. The predicted octanol–water partition coefficient (Wildman–Crippen LogP) is 3.89. The lowest BCUT2D eigenvalue weighted by atomic mass is 10.0. The van der Waals surface area contributed by atoms with Crippen molar-refractivity contribution in [2.45, 2.75) is 52.6 Å². The standard InChI is InChI=1S/C25H26F4N4O4/c1-4-31-14(3)30-19-11-16(9-10-20(19)31)32-13-17(23(35)37-5-2)22(34)33(24(32)36)12-15-7-6-8-18(26)21(15)25(27,28)29/h6-11,13,22,24,34,36H,4-5,12H2,1-3H3. The third kappa shape index (κ3) is 4.91. The Hall–Kier alpha value is -3.48. The molecule has 0 spiro atoms. The fourth-order valence-corrected chi connectivity index (χ4v) is 4.51. The maximum atomic E-state index is 14.2. The molecular formula is C25H26F4N4O4. The number of ether oxygens (including phenoxy) is 1. The normalized spacial score (nSPS) is 18.8. The summed E-state index contributed by atoms with van der Waals surface area (Å²) in [5.74, 6) is -1.64. The van der Waals surface area contributed by atoms with E-state index >= 15 is 0 Å². The summed E-state index contributed by atoms with van der Waals surface area (Å²) in [6.07, 6.45) is -7.39. The third-order valence-corrected chi connectivity index (χ3v) is 6.20. The van der Waals surface area contributed by atoms with Crippen LogP contribution in [0.3, 0.4) is 0 Å². The molecule has 4 rings (SSSR count). The summed E-state index contributed by atoms with van der Waals surface area (Å²) >= 11 is 0. The fraction of sp³-hybridized carbons (Fsp3) is 0.360. The van der Waals surface area contributed by atoms with Gasteiger partial charge in [-0.15, -0.1) is 0 Å². The Labute approximate surface area is 210 Å². The molecule has 2 heterocycles. The van der Waals surface area contributed by atoms with Gasteiger partial charge in [-0.2, -0.15) is 13.2 Å². The van der Waals surface area contributed by atoms with E-state index in [9.17, 15) is 32.6 Å². The van der Waals surface area contributed by atoms with Gasteiger partial charge in [-0.3, -0.25) is 0 Å². The molecule has 2 aromatic carbocycles.